The van der Waals surface area contributed by atoms with Crippen LogP contribution in [0.1, 0.15) is 40.0 Å². The van der Waals surface area contributed by atoms with Crippen LogP contribution in [0.5, 0.6) is 0 Å². The number of urea groups is 1. The van der Waals surface area contributed by atoms with Gasteiger partial charge in [-0.3, -0.25) is 19.9 Å². The lowest BCUT2D eigenvalue weighted by molar-refractivity contribution is -0.0539. The normalized spacial score (nSPS) is 24.3. The molecule has 1 unspecified atom stereocenters. The average Bonchev–Trinajstić information content (AvgIpc) is 2.89. The van der Waals surface area contributed by atoms with E-state index in [9.17, 15) is 20.0 Å². The Morgan fingerprint density at radius 2 is 2.18 bits per heavy atom. The van der Waals surface area contributed by atoms with Crippen LogP contribution >= 0.6 is 0 Å². The SMILES string of the molecule is COCCNc1cc(NC(=O)N2c3nc(C=O)c(CN4CCN(C)CC4O)cc3C3(F)CC2C3)ncc1C#N. The Balaban J connectivity index is 1.41. The zero-order valence-electron chi connectivity index (χ0n) is 21.9. The Morgan fingerprint density at radius 3 is 2.87 bits per heavy atom. The van der Waals surface area contributed by atoms with Gasteiger partial charge in [-0.25, -0.2) is 19.2 Å². The van der Waals surface area contributed by atoms with Gasteiger partial charge in [-0.1, -0.05) is 0 Å². The third-order valence-electron chi connectivity index (χ3n) is 7.56. The number of rotatable bonds is 8. The highest BCUT2D eigenvalue weighted by atomic mass is 19.1. The molecule has 5 heterocycles. The Morgan fingerprint density at radius 1 is 1.38 bits per heavy atom. The first kappa shape index (κ1) is 26.9. The molecule has 12 nitrogen and oxygen atoms in total. The molecule has 1 atom stereocenters. The summed E-state index contributed by atoms with van der Waals surface area (Å²) in [6.07, 6.45) is 1.47. The minimum atomic E-state index is -1.63. The number of nitrogens with zero attached hydrogens (tertiary/aromatic N) is 6. The molecule has 4 aliphatic rings. The van der Waals surface area contributed by atoms with Crippen molar-refractivity contribution in [2.75, 3.05) is 62.5 Å². The molecule has 2 aromatic rings. The van der Waals surface area contributed by atoms with E-state index in [1.807, 2.05) is 16.8 Å². The molecule has 3 aliphatic heterocycles. The lowest BCUT2D eigenvalue weighted by atomic mass is 9.68. The maximum absolute atomic E-state index is 15.8. The average molecular weight is 539 g/mol. The van der Waals surface area contributed by atoms with Crippen LogP contribution in [-0.2, 0) is 17.0 Å². The number of anilines is 3. The van der Waals surface area contributed by atoms with Crippen LogP contribution in [0.2, 0.25) is 0 Å². The smallest absolute Gasteiger partial charge is 0.328 e. The number of carbonyl (C=O) groups is 2. The molecule has 1 saturated heterocycles. The Labute approximate surface area is 225 Å². The molecule has 2 amide bonds. The summed E-state index contributed by atoms with van der Waals surface area (Å²) in [5, 5.41) is 25.7. The van der Waals surface area contributed by atoms with Crippen molar-refractivity contribution in [1.82, 2.24) is 19.8 Å². The number of β-amino-alcohol motifs (C(OH)–C–C–N with tert-alkyl or cyclic N) is 1. The van der Waals surface area contributed by atoms with E-state index in [1.54, 1.807) is 19.2 Å². The van der Waals surface area contributed by atoms with Gasteiger partial charge in [0.15, 0.2) is 6.29 Å². The van der Waals surface area contributed by atoms with Crippen LogP contribution in [-0.4, -0.2) is 96.4 Å². The molecule has 1 aliphatic carbocycles. The maximum Gasteiger partial charge on any atom is 0.328 e. The molecule has 1 saturated carbocycles. The van der Waals surface area contributed by atoms with Gasteiger partial charge in [0.2, 0.25) is 0 Å². The van der Waals surface area contributed by atoms with E-state index in [0.29, 0.717) is 49.3 Å². The molecule has 2 bridgehead atoms. The number of alkyl halides is 1. The fraction of sp³-hybridized carbons (Fsp3) is 0.500. The van der Waals surface area contributed by atoms with Crippen molar-refractivity contribution in [2.24, 2.45) is 0 Å². The maximum atomic E-state index is 15.8. The monoisotopic (exact) mass is 538 g/mol. The molecule has 2 aromatic heterocycles. The highest BCUT2D eigenvalue weighted by molar-refractivity contribution is 6.03. The van der Waals surface area contributed by atoms with E-state index in [4.69, 9.17) is 4.74 Å². The highest BCUT2D eigenvalue weighted by Gasteiger charge is 2.57. The predicted octanol–water partition coefficient (Wildman–Crippen LogP) is 1.66. The first-order chi connectivity index (χ1) is 18.8. The number of aliphatic hydroxyl groups excluding tert-OH is 1. The predicted molar refractivity (Wildman–Crippen MR) is 140 cm³/mol. The number of carbonyl (C=O) groups excluding carboxylic acids is 2. The van der Waals surface area contributed by atoms with Gasteiger partial charge in [0.1, 0.15) is 35.3 Å². The summed E-state index contributed by atoms with van der Waals surface area (Å²) >= 11 is 0. The first-order valence-electron chi connectivity index (χ1n) is 12.8. The van der Waals surface area contributed by atoms with Crippen molar-refractivity contribution in [3.05, 3.63) is 40.7 Å². The van der Waals surface area contributed by atoms with Gasteiger partial charge in [-0.2, -0.15) is 5.26 Å². The third kappa shape index (κ3) is 5.16. The van der Waals surface area contributed by atoms with Crippen molar-refractivity contribution in [1.29, 1.82) is 5.26 Å². The summed E-state index contributed by atoms with van der Waals surface area (Å²) in [6, 6.07) is 4.24. The zero-order chi connectivity index (χ0) is 27.7. The van der Waals surface area contributed by atoms with E-state index < -0.39 is 24.0 Å². The number of pyridine rings is 2. The number of likely N-dealkylation sites (N-methyl/N-ethyl adjacent to an activating group) is 1. The first-order valence-corrected chi connectivity index (χ1v) is 12.8. The molecule has 3 N–H and O–H groups in total. The third-order valence-corrected chi connectivity index (χ3v) is 7.56. The number of amides is 2. The van der Waals surface area contributed by atoms with Crippen molar-refractivity contribution >= 4 is 29.6 Å². The topological polar surface area (TPSA) is 147 Å². The number of hydrogen-bond donors (Lipinski definition) is 3. The molecule has 0 radical (unpaired) electrons. The van der Waals surface area contributed by atoms with Crippen LogP contribution in [0, 0.1) is 11.3 Å². The van der Waals surface area contributed by atoms with Crippen molar-refractivity contribution in [3.63, 3.8) is 0 Å². The summed E-state index contributed by atoms with van der Waals surface area (Å²) < 4.78 is 20.8. The highest BCUT2D eigenvalue weighted by Crippen LogP contribution is 2.55. The van der Waals surface area contributed by atoms with Gasteiger partial charge >= 0.3 is 6.03 Å². The van der Waals surface area contributed by atoms with Crippen LogP contribution < -0.4 is 15.5 Å². The molecule has 0 spiro atoms. The summed E-state index contributed by atoms with van der Waals surface area (Å²) in [5.41, 5.74) is 0.0379. The van der Waals surface area contributed by atoms with Crippen LogP contribution in [0.25, 0.3) is 0 Å². The molecule has 0 aromatic carbocycles. The molecular weight excluding hydrogens is 507 g/mol. The molecule has 206 valence electrons. The summed E-state index contributed by atoms with van der Waals surface area (Å²) in [7, 11) is 3.49. The number of halogens is 1. The quantitative estimate of drug-likeness (QED) is 0.335. The zero-order valence-corrected chi connectivity index (χ0v) is 21.9. The van der Waals surface area contributed by atoms with Gasteiger partial charge in [0.25, 0.3) is 0 Å². The second-order valence-electron chi connectivity index (χ2n) is 10.2. The Bertz CT molecular complexity index is 1310. The number of piperazine rings is 1. The number of ether oxygens (including phenoxy) is 1. The van der Waals surface area contributed by atoms with Crippen LogP contribution in [0.15, 0.2) is 18.3 Å². The van der Waals surface area contributed by atoms with Crippen molar-refractivity contribution < 1.29 is 23.8 Å². The Kier molecular flexibility index (Phi) is 7.46. The second kappa shape index (κ2) is 10.8. The lowest BCUT2D eigenvalue weighted by Crippen LogP contribution is -2.60. The van der Waals surface area contributed by atoms with Gasteiger partial charge in [-0.15, -0.1) is 0 Å². The van der Waals surface area contributed by atoms with Gasteiger partial charge in [0.05, 0.1) is 17.9 Å². The number of hydrogen-bond acceptors (Lipinski definition) is 10. The summed E-state index contributed by atoms with van der Waals surface area (Å²) in [5.74, 6) is 0.308. The molecule has 13 heteroatoms. The largest absolute Gasteiger partial charge is 0.383 e. The van der Waals surface area contributed by atoms with E-state index >= 15 is 4.39 Å². The van der Waals surface area contributed by atoms with Gasteiger partial charge in [0, 0.05) is 76.5 Å². The van der Waals surface area contributed by atoms with E-state index in [2.05, 4.69) is 26.7 Å². The Hall–Kier alpha value is -3.70. The van der Waals surface area contributed by atoms with E-state index in [1.165, 1.54) is 11.1 Å². The van der Waals surface area contributed by atoms with Crippen LogP contribution in [0.4, 0.5) is 26.5 Å². The molecule has 6 rings (SSSR count). The molecule has 39 heavy (non-hydrogen) atoms. The summed E-state index contributed by atoms with van der Waals surface area (Å²) in [6.45, 7) is 2.92. The number of methoxy groups -OCH3 is 1. The molecule has 2 fully saturated rings. The fourth-order valence-corrected chi connectivity index (χ4v) is 5.38. The van der Waals surface area contributed by atoms with Gasteiger partial charge in [-0.05, 0) is 18.7 Å². The molecular formula is C26H31FN8O4. The minimum Gasteiger partial charge on any atom is -0.383 e. The van der Waals surface area contributed by atoms with E-state index in [-0.39, 0.29) is 42.3 Å². The minimum absolute atomic E-state index is 0.101. The fourth-order valence-electron chi connectivity index (χ4n) is 5.38. The van der Waals surface area contributed by atoms with Gasteiger partial charge < -0.3 is 20.1 Å². The number of nitriles is 1. The number of aromatic nitrogens is 2. The van der Waals surface area contributed by atoms with E-state index in [0.717, 1.165) is 6.54 Å². The number of aldehydes is 1. The lowest BCUT2D eigenvalue weighted by Gasteiger charge is -2.52. The van der Waals surface area contributed by atoms with Crippen molar-refractivity contribution in [2.45, 2.75) is 37.3 Å². The van der Waals surface area contributed by atoms with Crippen molar-refractivity contribution in [3.8, 4) is 6.07 Å². The number of nitrogens with one attached hydrogen (secondary N) is 2. The number of aliphatic hydroxyl groups is 1. The summed E-state index contributed by atoms with van der Waals surface area (Å²) in [4.78, 5) is 39.3. The second-order valence-corrected chi connectivity index (χ2v) is 10.2. The standard InChI is InChI=1S/C26H31FN8O4/c1-33-4-5-34(23(37)14-33)13-16-7-19-24(31-21(16)15-36)35(18-9-26(19,27)10-18)25(38)32-22-8-20(29-3-6-39-2)17(11-28)12-30-22/h7-8,12,15,18,23,37H,3-6,9-10,13-14H2,1-2H3,(H2,29,30,32,38). The van der Waals surface area contributed by atoms with Crippen LogP contribution in [0.3, 0.4) is 0 Å².